The standard InChI is InChI=1S/C20H10FN3O2S/c21-9-5-6-14-12(7-9)20(13(8-22)18(23)27-14)15-16(24-19(20)26)10-3-1-2-4-11(10)17(15)25/h1-7,13,23H,(H,24,26)/t13?,20-/m1/s1. The zero-order valence-corrected chi connectivity index (χ0v) is 14.5. The van der Waals surface area contributed by atoms with Crippen LogP contribution in [0.1, 0.15) is 21.5 Å². The van der Waals surface area contributed by atoms with Crippen molar-refractivity contribution in [2.75, 3.05) is 0 Å². The molecule has 1 spiro atoms. The van der Waals surface area contributed by atoms with E-state index in [-0.39, 0.29) is 22.0 Å². The molecular weight excluding hydrogens is 365 g/mol. The number of nitrogens with zero attached hydrogens (tertiary/aromatic N) is 1. The predicted octanol–water partition coefficient (Wildman–Crippen LogP) is 3.02. The van der Waals surface area contributed by atoms with Crippen LogP contribution in [0.15, 0.2) is 52.9 Å². The highest BCUT2D eigenvalue weighted by Gasteiger charge is 2.63. The minimum atomic E-state index is -1.72. The first-order chi connectivity index (χ1) is 13.0. The lowest BCUT2D eigenvalue weighted by atomic mass is 9.65. The van der Waals surface area contributed by atoms with Gasteiger partial charge in [0.15, 0.2) is 5.78 Å². The van der Waals surface area contributed by atoms with E-state index in [2.05, 4.69) is 5.32 Å². The Labute approximate surface area is 157 Å². The number of hydrogen-bond acceptors (Lipinski definition) is 5. The van der Waals surface area contributed by atoms with Gasteiger partial charge in [-0.25, -0.2) is 4.39 Å². The lowest BCUT2D eigenvalue weighted by molar-refractivity contribution is -0.123. The number of carbonyl (C=O) groups is 2. The summed E-state index contributed by atoms with van der Waals surface area (Å²) < 4.78 is 14.1. The van der Waals surface area contributed by atoms with Crippen molar-refractivity contribution in [1.82, 2.24) is 5.32 Å². The zero-order chi connectivity index (χ0) is 18.9. The molecule has 27 heavy (non-hydrogen) atoms. The maximum Gasteiger partial charge on any atom is 0.241 e. The molecule has 0 saturated heterocycles. The highest BCUT2D eigenvalue weighted by Crippen LogP contribution is 2.57. The fraction of sp³-hybridized carbons (Fsp3) is 0.100. The highest BCUT2D eigenvalue weighted by atomic mass is 32.2. The van der Waals surface area contributed by atoms with Crippen LogP contribution in [0.2, 0.25) is 0 Å². The summed E-state index contributed by atoms with van der Waals surface area (Å²) >= 11 is 1.02. The Morgan fingerprint density at radius 3 is 2.67 bits per heavy atom. The number of halogens is 1. The summed E-state index contributed by atoms with van der Waals surface area (Å²) in [7, 11) is 0. The number of fused-ring (bicyclic) bond motifs is 5. The number of nitriles is 1. The van der Waals surface area contributed by atoms with Gasteiger partial charge in [0.25, 0.3) is 0 Å². The van der Waals surface area contributed by atoms with Crippen LogP contribution in [0.25, 0.3) is 5.70 Å². The monoisotopic (exact) mass is 375 g/mol. The van der Waals surface area contributed by atoms with Crippen molar-refractivity contribution < 1.29 is 14.0 Å². The molecule has 2 N–H and O–H groups in total. The van der Waals surface area contributed by atoms with Gasteiger partial charge in [-0.05, 0) is 23.8 Å². The molecule has 0 radical (unpaired) electrons. The molecule has 0 aromatic heterocycles. The largest absolute Gasteiger partial charge is 0.324 e. The van der Waals surface area contributed by atoms with Gasteiger partial charge < -0.3 is 5.32 Å². The second-order valence-electron chi connectivity index (χ2n) is 6.56. The Bertz CT molecular complexity index is 1180. The molecule has 7 heteroatoms. The van der Waals surface area contributed by atoms with E-state index >= 15 is 0 Å². The summed E-state index contributed by atoms with van der Waals surface area (Å²) in [4.78, 5) is 27.0. The fourth-order valence-electron chi connectivity index (χ4n) is 4.23. The molecule has 130 valence electrons. The van der Waals surface area contributed by atoms with Gasteiger partial charge in [0.2, 0.25) is 5.91 Å². The topological polar surface area (TPSA) is 93.8 Å². The van der Waals surface area contributed by atoms with Gasteiger partial charge in [-0.1, -0.05) is 36.0 Å². The van der Waals surface area contributed by atoms with E-state index in [1.54, 1.807) is 24.3 Å². The van der Waals surface area contributed by atoms with Crippen LogP contribution in [0, 0.1) is 28.5 Å². The van der Waals surface area contributed by atoms with Gasteiger partial charge in [0, 0.05) is 21.6 Å². The number of ketones is 1. The maximum absolute atomic E-state index is 14.1. The van der Waals surface area contributed by atoms with E-state index in [0.29, 0.717) is 21.7 Å². The molecule has 0 fully saturated rings. The third-order valence-corrected chi connectivity index (χ3v) is 6.35. The van der Waals surface area contributed by atoms with Gasteiger partial charge >= 0.3 is 0 Å². The van der Waals surface area contributed by atoms with Crippen molar-refractivity contribution in [3.63, 3.8) is 0 Å². The molecular formula is C20H10FN3O2S. The lowest BCUT2D eigenvalue weighted by Gasteiger charge is -2.38. The third-order valence-electron chi connectivity index (χ3n) is 5.32. The van der Waals surface area contributed by atoms with E-state index in [9.17, 15) is 19.2 Å². The van der Waals surface area contributed by atoms with Gasteiger partial charge in [-0.2, -0.15) is 5.26 Å². The zero-order valence-electron chi connectivity index (χ0n) is 13.7. The average Bonchev–Trinajstić information content (AvgIpc) is 3.10. The second-order valence-corrected chi connectivity index (χ2v) is 7.64. The Morgan fingerprint density at radius 2 is 1.93 bits per heavy atom. The van der Waals surface area contributed by atoms with Crippen LogP contribution >= 0.6 is 11.8 Å². The van der Waals surface area contributed by atoms with Crippen molar-refractivity contribution in [1.29, 1.82) is 10.7 Å². The fourth-order valence-corrected chi connectivity index (χ4v) is 5.28. The molecule has 0 saturated carbocycles. The number of rotatable bonds is 0. The summed E-state index contributed by atoms with van der Waals surface area (Å²) in [5.41, 5.74) is 0.0509. The average molecular weight is 375 g/mol. The Balaban J connectivity index is 1.90. The number of amides is 1. The summed E-state index contributed by atoms with van der Waals surface area (Å²) in [5.74, 6) is -2.71. The van der Waals surface area contributed by atoms with Crippen LogP contribution in [0.4, 0.5) is 4.39 Å². The Hall–Kier alpha value is -3.24. The smallest absolute Gasteiger partial charge is 0.241 e. The summed E-state index contributed by atoms with van der Waals surface area (Å²) in [6, 6.07) is 12.8. The number of benzene rings is 2. The number of nitrogens with one attached hydrogen (secondary N) is 2. The molecule has 2 aliphatic heterocycles. The predicted molar refractivity (Wildman–Crippen MR) is 96.6 cm³/mol. The molecule has 1 amide bonds. The van der Waals surface area contributed by atoms with Crippen molar-refractivity contribution in [2.24, 2.45) is 5.92 Å². The van der Waals surface area contributed by atoms with E-state index in [1.807, 2.05) is 6.07 Å². The minimum absolute atomic E-state index is 0.0377. The third kappa shape index (κ3) is 1.76. The summed E-state index contributed by atoms with van der Waals surface area (Å²) in [6.07, 6.45) is 0. The van der Waals surface area contributed by atoms with Crippen molar-refractivity contribution >= 4 is 34.2 Å². The van der Waals surface area contributed by atoms with Gasteiger partial charge in [-0.3, -0.25) is 15.0 Å². The minimum Gasteiger partial charge on any atom is -0.324 e. The first-order valence-electron chi connectivity index (χ1n) is 8.16. The highest BCUT2D eigenvalue weighted by molar-refractivity contribution is 8.14. The molecule has 2 aromatic rings. The van der Waals surface area contributed by atoms with E-state index in [1.165, 1.54) is 18.2 Å². The molecule has 2 heterocycles. The number of carbonyl (C=O) groups excluding carboxylic acids is 2. The molecule has 1 aliphatic carbocycles. The first kappa shape index (κ1) is 16.0. The summed E-state index contributed by atoms with van der Waals surface area (Å²) in [6.45, 7) is 0. The van der Waals surface area contributed by atoms with Crippen LogP contribution in [-0.2, 0) is 10.2 Å². The molecule has 1 unspecified atom stereocenters. The second kappa shape index (κ2) is 5.15. The van der Waals surface area contributed by atoms with Gasteiger partial charge in [-0.15, -0.1) is 0 Å². The first-order valence-corrected chi connectivity index (χ1v) is 8.98. The van der Waals surface area contributed by atoms with E-state index in [0.717, 1.165) is 11.8 Å². The molecule has 3 aliphatic rings. The lowest BCUT2D eigenvalue weighted by Crippen LogP contribution is -2.50. The molecule has 5 rings (SSSR count). The SMILES string of the molecule is N#CC1C(=N)Sc2ccc(F)cc2[C@@]12C(=O)NC1=C2C(=O)c2ccccc21. The number of hydrogen-bond donors (Lipinski definition) is 2. The van der Waals surface area contributed by atoms with Crippen molar-refractivity contribution in [3.8, 4) is 6.07 Å². The van der Waals surface area contributed by atoms with Gasteiger partial charge in [0.1, 0.15) is 17.2 Å². The number of thioether (sulfide) groups is 1. The quantitative estimate of drug-likeness (QED) is 0.740. The normalized spacial score (nSPS) is 25.2. The molecule has 2 aromatic carbocycles. The maximum atomic E-state index is 14.1. The van der Waals surface area contributed by atoms with Crippen molar-refractivity contribution in [3.05, 3.63) is 70.5 Å². The molecule has 0 bridgehead atoms. The van der Waals surface area contributed by atoms with Crippen LogP contribution in [0.5, 0.6) is 0 Å². The Morgan fingerprint density at radius 1 is 1.19 bits per heavy atom. The summed E-state index contributed by atoms with van der Waals surface area (Å²) in [5, 5.41) is 20.8. The van der Waals surface area contributed by atoms with Crippen molar-refractivity contribution in [2.45, 2.75) is 10.3 Å². The number of Topliss-reactive ketones (excluding diaryl/α,β-unsaturated/α-hetero) is 1. The van der Waals surface area contributed by atoms with Gasteiger partial charge in [0.05, 0.1) is 16.8 Å². The molecule has 2 atom stereocenters. The van der Waals surface area contributed by atoms with Crippen LogP contribution in [0.3, 0.4) is 0 Å². The van der Waals surface area contributed by atoms with E-state index in [4.69, 9.17) is 5.41 Å². The van der Waals surface area contributed by atoms with Crippen LogP contribution < -0.4 is 5.32 Å². The van der Waals surface area contributed by atoms with E-state index < -0.39 is 23.1 Å². The van der Waals surface area contributed by atoms with Crippen LogP contribution in [-0.4, -0.2) is 16.7 Å². The molecule has 5 nitrogen and oxygen atoms in total. The Kier molecular flexibility index (Phi) is 3.04.